The third kappa shape index (κ3) is 3.52. The molecule has 0 radical (unpaired) electrons. The highest BCUT2D eigenvalue weighted by Gasteiger charge is 2.35. The summed E-state index contributed by atoms with van der Waals surface area (Å²) in [5, 5.41) is 0.965. The van der Waals surface area contributed by atoms with Crippen molar-refractivity contribution in [1.29, 1.82) is 0 Å². The molecule has 0 atom stereocenters. The van der Waals surface area contributed by atoms with Gasteiger partial charge in [-0.15, -0.1) is 0 Å². The molecule has 1 fully saturated rings. The van der Waals surface area contributed by atoms with Gasteiger partial charge in [-0.1, -0.05) is 0 Å². The van der Waals surface area contributed by atoms with Crippen LogP contribution in [-0.4, -0.2) is 15.7 Å². The van der Waals surface area contributed by atoms with Crippen LogP contribution in [0.2, 0.25) is 0 Å². The topological polar surface area (TPSA) is 36.1 Å². The van der Waals surface area contributed by atoms with Gasteiger partial charge < -0.3 is 84.2 Å². The maximum absolute atomic E-state index is 5.70. The van der Waals surface area contributed by atoms with Crippen molar-refractivity contribution in [2.45, 2.75) is 0 Å². The largest absolute Gasteiger partial charge is 0.594 e. The van der Waals surface area contributed by atoms with Gasteiger partial charge in [-0.25, -0.2) is 0 Å². The summed E-state index contributed by atoms with van der Waals surface area (Å²) < 4.78 is 0. The first-order valence-electron chi connectivity index (χ1n) is 3.04. The SMILES string of the molecule is Cl[B-]1(Cl)N[B-](Cl)(Cl)N[B-](Cl)(Cl)N1. The predicted octanol–water partition coefficient (Wildman–Crippen LogP) is 1.51. The summed E-state index contributed by atoms with van der Waals surface area (Å²) in [7, 11) is 0. The highest BCUT2D eigenvalue weighted by Crippen LogP contribution is 2.26. The highest BCUT2D eigenvalue weighted by molar-refractivity contribution is 7.63. The molecule has 1 saturated heterocycles. The molecular weight excluding hydrogens is 287 g/mol. The van der Waals surface area contributed by atoms with Crippen LogP contribution in [0.1, 0.15) is 0 Å². The van der Waals surface area contributed by atoms with E-state index in [4.69, 9.17) is 68.8 Å². The number of rotatable bonds is 0. The van der Waals surface area contributed by atoms with Gasteiger partial charge in [-0.2, -0.15) is 0 Å². The molecule has 1 rings (SSSR count). The lowest BCUT2D eigenvalue weighted by atomic mass is 9.79. The second kappa shape index (κ2) is 3.44. The summed E-state index contributed by atoms with van der Waals surface area (Å²) >= 11 is 34.2. The van der Waals surface area contributed by atoms with Gasteiger partial charge in [-0.05, 0) is 0 Å². The zero-order valence-corrected chi connectivity index (χ0v) is 10.0. The van der Waals surface area contributed by atoms with E-state index in [-0.39, 0.29) is 0 Å². The summed E-state index contributed by atoms with van der Waals surface area (Å²) in [5.41, 5.74) is 0. The first-order valence-corrected chi connectivity index (χ1v) is 5.66. The molecule has 1 heterocycles. The van der Waals surface area contributed by atoms with Gasteiger partial charge in [0.2, 0.25) is 15.7 Å². The third-order valence-electron chi connectivity index (χ3n) is 1.26. The summed E-state index contributed by atoms with van der Waals surface area (Å²) in [4.78, 5) is 0. The van der Waals surface area contributed by atoms with E-state index >= 15 is 0 Å². The first kappa shape index (κ1) is 11.9. The maximum atomic E-state index is 5.70. The van der Waals surface area contributed by atoms with Crippen molar-refractivity contribution < 1.29 is 0 Å². The Kier molecular flexibility index (Phi) is 3.40. The van der Waals surface area contributed by atoms with Crippen LogP contribution in [0, 0.1) is 0 Å². The van der Waals surface area contributed by atoms with E-state index in [2.05, 4.69) is 15.4 Å². The van der Waals surface area contributed by atoms with Crippen LogP contribution in [0.5, 0.6) is 0 Å². The fourth-order valence-electron chi connectivity index (χ4n) is 0.933. The molecule has 0 aliphatic carbocycles. The van der Waals surface area contributed by atoms with Crippen molar-refractivity contribution in [2.75, 3.05) is 0 Å². The maximum Gasteiger partial charge on any atom is 0.231 e. The monoisotopic (exact) mass is 288 g/mol. The lowest BCUT2D eigenvalue weighted by molar-refractivity contribution is 1.20. The zero-order chi connectivity index (χ0) is 9.62. The quantitative estimate of drug-likeness (QED) is 0.592. The van der Waals surface area contributed by atoms with E-state index in [0.717, 1.165) is 0 Å². The number of hydrogen-bond donors (Lipinski definition) is 3. The molecular formula is H3B3Cl6N3-3. The van der Waals surface area contributed by atoms with Crippen LogP contribution in [0.3, 0.4) is 0 Å². The standard InChI is InChI=1S/B3Cl6H3N3/c4-1(5)10-2(6,7)12-3(8,9)11-1/h10-12H/q-3. The van der Waals surface area contributed by atoms with E-state index < -0.39 is 15.7 Å². The number of halogens is 6. The molecule has 12 heavy (non-hydrogen) atoms. The molecule has 1 aliphatic rings. The summed E-state index contributed by atoms with van der Waals surface area (Å²) in [6.07, 6.45) is 0. The molecule has 0 spiro atoms. The van der Waals surface area contributed by atoms with Crippen molar-refractivity contribution in [3.05, 3.63) is 0 Å². The fourth-order valence-corrected chi connectivity index (χ4v) is 3.97. The van der Waals surface area contributed by atoms with Crippen molar-refractivity contribution in [3.8, 4) is 0 Å². The fraction of sp³-hybridized carbons (Fsp3) is 0. The van der Waals surface area contributed by atoms with Crippen LogP contribution < -0.4 is 15.4 Å². The van der Waals surface area contributed by atoms with Crippen LogP contribution in [0.4, 0.5) is 0 Å². The van der Waals surface area contributed by atoms with Gasteiger partial charge in [0.15, 0.2) is 0 Å². The minimum atomic E-state index is -2.18. The Labute approximate surface area is 99.4 Å². The van der Waals surface area contributed by atoms with Crippen molar-refractivity contribution in [3.63, 3.8) is 0 Å². The smallest absolute Gasteiger partial charge is 0.231 e. The van der Waals surface area contributed by atoms with Crippen LogP contribution in [0.15, 0.2) is 0 Å². The van der Waals surface area contributed by atoms with Crippen LogP contribution >= 0.6 is 68.8 Å². The minimum Gasteiger partial charge on any atom is -0.594 e. The molecule has 3 nitrogen and oxygen atoms in total. The molecule has 0 aromatic rings. The summed E-state index contributed by atoms with van der Waals surface area (Å²) in [6, 6.07) is 0. The molecule has 72 valence electrons. The number of nitrogens with one attached hydrogen (secondary N) is 3. The van der Waals surface area contributed by atoms with Gasteiger partial charge in [0.25, 0.3) is 0 Å². The first-order chi connectivity index (χ1) is 5.12. The summed E-state index contributed by atoms with van der Waals surface area (Å²) in [6.45, 7) is 0. The summed E-state index contributed by atoms with van der Waals surface area (Å²) in [5.74, 6) is 0. The van der Waals surface area contributed by atoms with Crippen molar-refractivity contribution in [1.82, 2.24) is 15.4 Å². The molecule has 0 unspecified atom stereocenters. The second-order valence-electron chi connectivity index (χ2n) is 2.49. The average molecular weight is 290 g/mol. The Morgan fingerprint density at radius 1 is 0.500 bits per heavy atom. The van der Waals surface area contributed by atoms with Gasteiger partial charge in [0.1, 0.15) is 0 Å². The molecule has 0 saturated carbocycles. The van der Waals surface area contributed by atoms with Gasteiger partial charge in [0, 0.05) is 0 Å². The number of hydrogen-bond acceptors (Lipinski definition) is 3. The van der Waals surface area contributed by atoms with Crippen molar-refractivity contribution >= 4 is 84.5 Å². The van der Waals surface area contributed by atoms with E-state index in [1.54, 1.807) is 0 Å². The Bertz CT molecular complexity index is 145. The Morgan fingerprint density at radius 2 is 0.667 bits per heavy atom. The third-order valence-corrected chi connectivity index (χ3v) is 2.77. The van der Waals surface area contributed by atoms with Gasteiger partial charge in [-0.3, -0.25) is 0 Å². The average Bonchev–Trinajstić information content (AvgIpc) is 1.44. The molecule has 1 aliphatic heterocycles. The predicted molar refractivity (Wildman–Crippen MR) is 61.8 cm³/mol. The zero-order valence-electron chi connectivity index (χ0n) is 5.50. The van der Waals surface area contributed by atoms with E-state index in [1.807, 2.05) is 0 Å². The lowest BCUT2D eigenvalue weighted by Crippen LogP contribution is -2.83. The van der Waals surface area contributed by atoms with Crippen LogP contribution in [-0.2, 0) is 0 Å². The highest BCUT2D eigenvalue weighted by atomic mass is 35.5. The molecule has 0 aromatic heterocycles. The Morgan fingerprint density at radius 3 is 0.833 bits per heavy atom. The van der Waals surface area contributed by atoms with Gasteiger partial charge >= 0.3 is 0 Å². The normalized spacial score (nSPS) is 31.5. The second-order valence-corrected chi connectivity index (χ2v) is 7.09. The van der Waals surface area contributed by atoms with E-state index in [1.165, 1.54) is 0 Å². The van der Waals surface area contributed by atoms with Crippen molar-refractivity contribution in [2.24, 2.45) is 0 Å². The molecule has 12 heteroatoms. The molecule has 0 bridgehead atoms. The Hall–Kier alpha value is 1.81. The van der Waals surface area contributed by atoms with E-state index in [9.17, 15) is 0 Å². The lowest BCUT2D eigenvalue weighted by Gasteiger charge is -2.62. The molecule has 3 N–H and O–H groups in total. The van der Waals surface area contributed by atoms with Crippen LogP contribution in [0.25, 0.3) is 0 Å². The van der Waals surface area contributed by atoms with Gasteiger partial charge in [0.05, 0.1) is 0 Å². The minimum absolute atomic E-state index is 2.18. The van der Waals surface area contributed by atoms with E-state index in [0.29, 0.717) is 0 Å². The molecule has 0 aromatic carbocycles. The molecule has 0 amide bonds. The Balaban J connectivity index is 2.81.